The molecule has 0 aromatic heterocycles. The number of carboxylic acid groups (broad SMARTS) is 1. The number of nitrogens with one attached hydrogen (secondary N) is 1. The number of alkyl carbamates (subject to hydrolysis) is 1. The summed E-state index contributed by atoms with van der Waals surface area (Å²) < 4.78 is 45.9. The number of hydrogen-bond donors (Lipinski definition) is 2. The molecular weight excluding hydrogens is 465 g/mol. The Bertz CT molecular complexity index is 1030. The summed E-state index contributed by atoms with van der Waals surface area (Å²) in [4.78, 5) is 36.5. The number of hydrogen-bond acceptors (Lipinski definition) is 4. The largest absolute Gasteiger partial charge is 0.481 e. The molecule has 0 radical (unpaired) electrons. The van der Waals surface area contributed by atoms with Gasteiger partial charge < -0.3 is 20.1 Å². The summed E-state index contributed by atoms with van der Waals surface area (Å²) in [5.41, 5.74) is 3.81. The first-order chi connectivity index (χ1) is 16.6. The lowest BCUT2D eigenvalue weighted by Gasteiger charge is -2.26. The summed E-state index contributed by atoms with van der Waals surface area (Å²) >= 11 is 0. The van der Waals surface area contributed by atoms with Gasteiger partial charge in [0.25, 0.3) is 0 Å². The van der Waals surface area contributed by atoms with Gasteiger partial charge in [0.2, 0.25) is 5.91 Å². The minimum atomic E-state index is -4.87. The van der Waals surface area contributed by atoms with Crippen LogP contribution in [0.1, 0.15) is 43.2 Å². The van der Waals surface area contributed by atoms with Crippen molar-refractivity contribution in [1.29, 1.82) is 0 Å². The van der Waals surface area contributed by atoms with Crippen molar-refractivity contribution in [2.45, 2.75) is 44.3 Å². The number of fused-ring (bicyclic) bond motifs is 3. The zero-order valence-electron chi connectivity index (χ0n) is 19.2. The molecule has 1 aliphatic rings. The highest BCUT2D eigenvalue weighted by Crippen LogP contribution is 2.44. The molecule has 2 aromatic rings. The number of ether oxygens (including phenoxy) is 1. The number of nitrogens with zero attached hydrogens (tertiary/aromatic N) is 1. The number of alkyl halides is 3. The van der Waals surface area contributed by atoms with E-state index in [9.17, 15) is 27.6 Å². The summed E-state index contributed by atoms with van der Waals surface area (Å²) in [6, 6.07) is 12.7. The van der Waals surface area contributed by atoms with Gasteiger partial charge in [-0.2, -0.15) is 13.2 Å². The van der Waals surface area contributed by atoms with E-state index in [0.29, 0.717) is 0 Å². The molecule has 3 rings (SSSR count). The molecule has 0 saturated heterocycles. The molecule has 0 aliphatic heterocycles. The highest BCUT2D eigenvalue weighted by atomic mass is 19.4. The molecule has 2 aromatic carbocycles. The number of carboxylic acids is 1. The van der Waals surface area contributed by atoms with Crippen molar-refractivity contribution in [3.8, 4) is 11.1 Å². The zero-order chi connectivity index (χ0) is 25.6. The van der Waals surface area contributed by atoms with Crippen molar-refractivity contribution in [1.82, 2.24) is 10.2 Å². The van der Waals surface area contributed by atoms with Crippen LogP contribution in [0.25, 0.3) is 11.1 Å². The van der Waals surface area contributed by atoms with Crippen LogP contribution in [0.5, 0.6) is 0 Å². The van der Waals surface area contributed by atoms with Gasteiger partial charge in [0, 0.05) is 25.4 Å². The topological polar surface area (TPSA) is 95.9 Å². The Labute approximate surface area is 200 Å². The van der Waals surface area contributed by atoms with Crippen LogP contribution in [-0.2, 0) is 14.3 Å². The molecule has 7 nitrogen and oxygen atoms in total. The SMILES string of the molecule is CCN(CCCC(=O)O)C(=O)CC(NC(=O)OCC1c2ccccc2-c2ccccc21)C(F)(F)F. The van der Waals surface area contributed by atoms with Crippen molar-refractivity contribution in [2.75, 3.05) is 19.7 Å². The fourth-order valence-corrected chi connectivity index (χ4v) is 4.21. The number of halogens is 3. The average Bonchev–Trinajstić information content (AvgIpc) is 3.13. The van der Waals surface area contributed by atoms with Crippen LogP contribution in [0.15, 0.2) is 48.5 Å². The summed E-state index contributed by atoms with van der Waals surface area (Å²) in [5.74, 6) is -2.21. The smallest absolute Gasteiger partial charge is 0.409 e. The molecule has 0 spiro atoms. The molecule has 10 heteroatoms. The standard InChI is InChI=1S/C25H27F3N2O5/c1-2-30(13-7-12-23(32)33)22(31)14-21(25(26,27)28)29-24(34)35-15-20-18-10-5-3-8-16(18)17-9-4-6-11-19(17)20/h3-6,8-11,20-21H,2,7,12-15H2,1H3,(H,29,34)(H,32,33). The predicted molar refractivity (Wildman–Crippen MR) is 122 cm³/mol. The number of benzene rings is 2. The summed E-state index contributed by atoms with van der Waals surface area (Å²) in [6.07, 6.45) is -7.23. The van der Waals surface area contributed by atoms with Gasteiger partial charge in [-0.1, -0.05) is 48.5 Å². The van der Waals surface area contributed by atoms with Crippen molar-refractivity contribution in [3.05, 3.63) is 59.7 Å². The third kappa shape index (κ3) is 6.52. The maximum absolute atomic E-state index is 13.6. The van der Waals surface area contributed by atoms with E-state index < -0.39 is 36.6 Å². The number of carbonyl (C=O) groups excluding carboxylic acids is 2. The van der Waals surface area contributed by atoms with Crippen LogP contribution < -0.4 is 5.32 Å². The van der Waals surface area contributed by atoms with Gasteiger partial charge >= 0.3 is 18.2 Å². The molecule has 0 saturated carbocycles. The van der Waals surface area contributed by atoms with E-state index in [1.165, 1.54) is 0 Å². The highest BCUT2D eigenvalue weighted by Gasteiger charge is 2.43. The van der Waals surface area contributed by atoms with Crippen molar-refractivity contribution in [2.24, 2.45) is 0 Å². The third-order valence-electron chi connectivity index (χ3n) is 5.96. The molecule has 2 N–H and O–H groups in total. The van der Waals surface area contributed by atoms with E-state index in [-0.39, 0.29) is 38.5 Å². The Hall–Kier alpha value is -3.56. The lowest BCUT2D eigenvalue weighted by molar-refractivity contribution is -0.163. The van der Waals surface area contributed by atoms with Gasteiger partial charge in [0.1, 0.15) is 12.6 Å². The number of aliphatic carboxylic acids is 1. The summed E-state index contributed by atoms with van der Waals surface area (Å²) in [5, 5.41) is 10.5. The van der Waals surface area contributed by atoms with Crippen LogP contribution in [0.2, 0.25) is 0 Å². The fraction of sp³-hybridized carbons (Fsp3) is 0.400. The molecule has 1 unspecified atom stereocenters. The maximum Gasteiger partial charge on any atom is 0.409 e. The molecule has 0 heterocycles. The van der Waals surface area contributed by atoms with Gasteiger partial charge in [0.05, 0.1) is 6.42 Å². The third-order valence-corrected chi connectivity index (χ3v) is 5.96. The first-order valence-corrected chi connectivity index (χ1v) is 11.3. The summed E-state index contributed by atoms with van der Waals surface area (Å²) in [7, 11) is 0. The second-order valence-corrected chi connectivity index (χ2v) is 8.24. The van der Waals surface area contributed by atoms with Crippen LogP contribution in [0.3, 0.4) is 0 Å². The van der Waals surface area contributed by atoms with Gasteiger partial charge in [-0.3, -0.25) is 9.59 Å². The van der Waals surface area contributed by atoms with Crippen LogP contribution >= 0.6 is 0 Å². The summed E-state index contributed by atoms with van der Waals surface area (Å²) in [6.45, 7) is 1.56. The normalized spacial score (nSPS) is 13.5. The van der Waals surface area contributed by atoms with E-state index >= 15 is 0 Å². The van der Waals surface area contributed by atoms with E-state index in [1.807, 2.05) is 48.5 Å². The van der Waals surface area contributed by atoms with E-state index in [2.05, 4.69) is 0 Å². The number of rotatable bonds is 10. The van der Waals surface area contributed by atoms with Gasteiger partial charge in [-0.15, -0.1) is 0 Å². The minimum Gasteiger partial charge on any atom is -0.481 e. The average molecular weight is 492 g/mol. The molecule has 1 aliphatic carbocycles. The fourth-order valence-electron chi connectivity index (χ4n) is 4.21. The Morgan fingerprint density at radius 1 is 1.06 bits per heavy atom. The molecular formula is C25H27F3N2O5. The lowest BCUT2D eigenvalue weighted by atomic mass is 9.98. The monoisotopic (exact) mass is 492 g/mol. The Kier molecular flexibility index (Phi) is 8.37. The van der Waals surface area contributed by atoms with Crippen molar-refractivity contribution >= 4 is 18.0 Å². The van der Waals surface area contributed by atoms with E-state index in [1.54, 1.807) is 12.2 Å². The molecule has 0 bridgehead atoms. The lowest BCUT2D eigenvalue weighted by Crippen LogP contribution is -2.49. The minimum absolute atomic E-state index is 0.0111. The van der Waals surface area contributed by atoms with Crippen LogP contribution in [0.4, 0.5) is 18.0 Å². The predicted octanol–water partition coefficient (Wildman–Crippen LogP) is 4.56. The van der Waals surface area contributed by atoms with Crippen LogP contribution in [0, 0.1) is 0 Å². The molecule has 188 valence electrons. The van der Waals surface area contributed by atoms with Gasteiger partial charge in [0.15, 0.2) is 0 Å². The molecule has 2 amide bonds. The zero-order valence-corrected chi connectivity index (χ0v) is 19.2. The Balaban J connectivity index is 1.62. The van der Waals surface area contributed by atoms with E-state index in [0.717, 1.165) is 27.2 Å². The second-order valence-electron chi connectivity index (χ2n) is 8.24. The number of amides is 2. The number of carbonyl (C=O) groups is 3. The molecule has 0 fully saturated rings. The van der Waals surface area contributed by atoms with Gasteiger partial charge in [-0.05, 0) is 35.6 Å². The first kappa shape index (κ1) is 26.1. The molecule has 35 heavy (non-hydrogen) atoms. The first-order valence-electron chi connectivity index (χ1n) is 11.3. The van der Waals surface area contributed by atoms with E-state index in [4.69, 9.17) is 9.84 Å². The van der Waals surface area contributed by atoms with Crippen molar-refractivity contribution in [3.63, 3.8) is 0 Å². The van der Waals surface area contributed by atoms with Gasteiger partial charge in [-0.25, -0.2) is 4.79 Å². The van der Waals surface area contributed by atoms with Crippen LogP contribution in [-0.4, -0.2) is 59.9 Å². The Morgan fingerprint density at radius 2 is 1.63 bits per heavy atom. The quantitative estimate of drug-likeness (QED) is 0.507. The maximum atomic E-state index is 13.6. The molecule has 1 atom stereocenters. The highest BCUT2D eigenvalue weighted by molar-refractivity contribution is 5.80. The Morgan fingerprint density at radius 3 is 2.14 bits per heavy atom. The second kappa shape index (κ2) is 11.2. The van der Waals surface area contributed by atoms with Crippen molar-refractivity contribution < 1.29 is 37.4 Å².